The summed E-state index contributed by atoms with van der Waals surface area (Å²) in [4.78, 5) is 11.8. The van der Waals surface area contributed by atoms with Gasteiger partial charge in [0.2, 0.25) is 0 Å². The highest BCUT2D eigenvalue weighted by molar-refractivity contribution is 6.30. The molecule has 0 saturated carbocycles. The van der Waals surface area contributed by atoms with E-state index in [4.69, 9.17) is 16.7 Å². The SMILES string of the molecule is O=C(NCCO)c1cnn(-c2cccc(Cl)c2)c1C(F)(F)F. The summed E-state index contributed by atoms with van der Waals surface area (Å²) in [5.74, 6) is -0.963. The fourth-order valence-corrected chi connectivity index (χ4v) is 2.04. The predicted octanol–water partition coefficient (Wildman–Crippen LogP) is 2.27. The van der Waals surface area contributed by atoms with Crippen molar-refractivity contribution in [3.8, 4) is 5.69 Å². The molecule has 0 aliphatic rings. The number of carbonyl (C=O) groups excluding carboxylic acids is 1. The molecule has 2 N–H and O–H groups in total. The summed E-state index contributed by atoms with van der Waals surface area (Å²) in [5.41, 5.74) is -1.74. The third kappa shape index (κ3) is 3.40. The molecule has 5 nitrogen and oxygen atoms in total. The van der Waals surface area contributed by atoms with Gasteiger partial charge in [0.15, 0.2) is 5.69 Å². The zero-order valence-electron chi connectivity index (χ0n) is 11.1. The molecular formula is C13H11ClF3N3O2. The number of aliphatic hydroxyl groups excluding tert-OH is 1. The van der Waals surface area contributed by atoms with E-state index in [0.717, 1.165) is 6.20 Å². The van der Waals surface area contributed by atoms with Crippen molar-refractivity contribution in [3.63, 3.8) is 0 Å². The monoisotopic (exact) mass is 333 g/mol. The van der Waals surface area contributed by atoms with Crippen molar-refractivity contribution in [2.24, 2.45) is 0 Å². The number of hydrogen-bond donors (Lipinski definition) is 2. The summed E-state index contributed by atoms with van der Waals surface area (Å²) in [7, 11) is 0. The van der Waals surface area contributed by atoms with Crippen molar-refractivity contribution in [2.75, 3.05) is 13.2 Å². The minimum Gasteiger partial charge on any atom is -0.395 e. The Hall–Kier alpha value is -2.06. The van der Waals surface area contributed by atoms with Gasteiger partial charge in [-0.15, -0.1) is 0 Å². The largest absolute Gasteiger partial charge is 0.434 e. The van der Waals surface area contributed by atoms with E-state index >= 15 is 0 Å². The lowest BCUT2D eigenvalue weighted by atomic mass is 10.2. The average Bonchev–Trinajstić information content (AvgIpc) is 2.89. The van der Waals surface area contributed by atoms with Crippen LogP contribution in [-0.4, -0.2) is 33.9 Å². The van der Waals surface area contributed by atoms with Crippen LogP contribution >= 0.6 is 11.6 Å². The lowest BCUT2D eigenvalue weighted by Gasteiger charge is -2.12. The van der Waals surface area contributed by atoms with Gasteiger partial charge in [-0.1, -0.05) is 17.7 Å². The third-order valence-electron chi connectivity index (χ3n) is 2.73. The van der Waals surface area contributed by atoms with Crippen LogP contribution in [-0.2, 0) is 6.18 Å². The summed E-state index contributed by atoms with van der Waals surface area (Å²) in [6.07, 6.45) is -3.96. The van der Waals surface area contributed by atoms with Crippen molar-refractivity contribution >= 4 is 17.5 Å². The molecule has 9 heteroatoms. The van der Waals surface area contributed by atoms with E-state index in [0.29, 0.717) is 4.68 Å². The molecule has 1 aromatic carbocycles. The van der Waals surface area contributed by atoms with Gasteiger partial charge >= 0.3 is 6.18 Å². The number of hydrogen-bond acceptors (Lipinski definition) is 3. The smallest absolute Gasteiger partial charge is 0.395 e. The van der Waals surface area contributed by atoms with Crippen LogP contribution in [0.1, 0.15) is 16.1 Å². The Morgan fingerprint density at radius 3 is 2.73 bits per heavy atom. The van der Waals surface area contributed by atoms with Crippen molar-refractivity contribution < 1.29 is 23.1 Å². The van der Waals surface area contributed by atoms with Crippen LogP contribution in [0.2, 0.25) is 5.02 Å². The van der Waals surface area contributed by atoms with Crippen molar-refractivity contribution in [2.45, 2.75) is 6.18 Å². The molecule has 1 heterocycles. The first-order valence-electron chi connectivity index (χ1n) is 6.15. The molecule has 0 bridgehead atoms. The van der Waals surface area contributed by atoms with Crippen LogP contribution in [0.4, 0.5) is 13.2 Å². The molecule has 2 rings (SSSR count). The van der Waals surface area contributed by atoms with Gasteiger partial charge in [0, 0.05) is 11.6 Å². The molecule has 0 spiro atoms. The molecule has 0 fully saturated rings. The van der Waals surface area contributed by atoms with E-state index in [2.05, 4.69) is 10.4 Å². The second-order valence-corrected chi connectivity index (χ2v) is 4.71. The van der Waals surface area contributed by atoms with E-state index < -0.39 is 23.3 Å². The topological polar surface area (TPSA) is 67.2 Å². The number of amides is 1. The zero-order chi connectivity index (χ0) is 16.3. The zero-order valence-corrected chi connectivity index (χ0v) is 11.8. The molecule has 0 unspecified atom stereocenters. The van der Waals surface area contributed by atoms with Gasteiger partial charge in [-0.2, -0.15) is 18.3 Å². The molecule has 22 heavy (non-hydrogen) atoms. The lowest BCUT2D eigenvalue weighted by molar-refractivity contribution is -0.143. The molecule has 118 valence electrons. The number of aliphatic hydroxyl groups is 1. The first-order valence-corrected chi connectivity index (χ1v) is 6.52. The van der Waals surface area contributed by atoms with Gasteiger partial charge in [0.05, 0.1) is 24.1 Å². The Morgan fingerprint density at radius 1 is 1.41 bits per heavy atom. The fraction of sp³-hybridized carbons (Fsp3) is 0.231. The summed E-state index contributed by atoms with van der Waals surface area (Å²) in [6.45, 7) is -0.534. The summed E-state index contributed by atoms with van der Waals surface area (Å²) < 4.78 is 40.5. The maximum absolute atomic E-state index is 13.3. The highest BCUT2D eigenvalue weighted by Crippen LogP contribution is 2.34. The van der Waals surface area contributed by atoms with Gasteiger partial charge in [0.25, 0.3) is 5.91 Å². The fourth-order valence-electron chi connectivity index (χ4n) is 1.86. The number of nitrogens with zero attached hydrogens (tertiary/aromatic N) is 2. The number of alkyl halides is 3. The third-order valence-corrected chi connectivity index (χ3v) is 2.97. The Labute approximate surface area is 128 Å². The Bertz CT molecular complexity index is 685. The Balaban J connectivity index is 2.52. The first-order chi connectivity index (χ1) is 10.3. The Kier molecular flexibility index (Phi) is 4.72. The minimum absolute atomic E-state index is 0.0843. The predicted molar refractivity (Wildman–Crippen MR) is 73.0 cm³/mol. The first kappa shape index (κ1) is 16.3. The molecule has 0 aliphatic heterocycles. The number of rotatable bonds is 4. The van der Waals surface area contributed by atoms with Crippen LogP contribution in [0.5, 0.6) is 0 Å². The molecule has 2 aromatic rings. The highest BCUT2D eigenvalue weighted by atomic mass is 35.5. The number of nitrogens with one attached hydrogen (secondary N) is 1. The summed E-state index contributed by atoms with van der Waals surface area (Å²) in [5, 5.41) is 14.7. The standard InChI is InChI=1S/C13H11ClF3N3O2/c14-8-2-1-3-9(6-8)20-11(13(15,16)17)10(7-19-20)12(22)18-4-5-21/h1-3,6-7,21H,4-5H2,(H,18,22). The van der Waals surface area contributed by atoms with Crippen molar-refractivity contribution in [1.29, 1.82) is 0 Å². The molecular weight excluding hydrogens is 323 g/mol. The van der Waals surface area contributed by atoms with E-state index in [9.17, 15) is 18.0 Å². The van der Waals surface area contributed by atoms with Crippen LogP contribution in [0.15, 0.2) is 30.5 Å². The maximum Gasteiger partial charge on any atom is 0.434 e. The number of aromatic nitrogens is 2. The van der Waals surface area contributed by atoms with Crippen LogP contribution in [0, 0.1) is 0 Å². The van der Waals surface area contributed by atoms with Gasteiger partial charge in [0.1, 0.15) is 0 Å². The van der Waals surface area contributed by atoms with Crippen LogP contribution in [0.3, 0.4) is 0 Å². The second-order valence-electron chi connectivity index (χ2n) is 4.28. The number of carbonyl (C=O) groups is 1. The van der Waals surface area contributed by atoms with Crippen LogP contribution < -0.4 is 5.32 Å². The van der Waals surface area contributed by atoms with Gasteiger partial charge in [-0.25, -0.2) is 4.68 Å². The quantitative estimate of drug-likeness (QED) is 0.902. The van der Waals surface area contributed by atoms with Gasteiger partial charge < -0.3 is 10.4 Å². The molecule has 0 radical (unpaired) electrons. The minimum atomic E-state index is -4.79. The van der Waals surface area contributed by atoms with E-state index in [1.807, 2.05) is 0 Å². The molecule has 0 atom stereocenters. The molecule has 0 saturated heterocycles. The van der Waals surface area contributed by atoms with E-state index in [-0.39, 0.29) is 23.9 Å². The van der Waals surface area contributed by atoms with E-state index in [1.165, 1.54) is 24.3 Å². The van der Waals surface area contributed by atoms with Crippen molar-refractivity contribution in [3.05, 3.63) is 46.7 Å². The van der Waals surface area contributed by atoms with Gasteiger partial charge in [-0.05, 0) is 18.2 Å². The van der Waals surface area contributed by atoms with Crippen molar-refractivity contribution in [1.82, 2.24) is 15.1 Å². The van der Waals surface area contributed by atoms with Gasteiger partial charge in [-0.3, -0.25) is 4.79 Å². The normalized spacial score (nSPS) is 11.5. The summed E-state index contributed by atoms with van der Waals surface area (Å²) in [6, 6.07) is 5.68. The Morgan fingerprint density at radius 2 is 2.14 bits per heavy atom. The molecule has 0 aliphatic carbocycles. The number of benzene rings is 1. The summed E-state index contributed by atoms with van der Waals surface area (Å²) >= 11 is 5.77. The second kappa shape index (κ2) is 6.37. The number of halogens is 4. The van der Waals surface area contributed by atoms with Crippen LogP contribution in [0.25, 0.3) is 5.69 Å². The maximum atomic E-state index is 13.3. The molecule has 1 aromatic heterocycles. The van der Waals surface area contributed by atoms with E-state index in [1.54, 1.807) is 0 Å². The lowest BCUT2D eigenvalue weighted by Crippen LogP contribution is -2.28. The highest BCUT2D eigenvalue weighted by Gasteiger charge is 2.40. The molecule has 1 amide bonds. The average molecular weight is 334 g/mol.